The Morgan fingerprint density at radius 1 is 1.30 bits per heavy atom. The summed E-state index contributed by atoms with van der Waals surface area (Å²) in [7, 11) is 2.00. The summed E-state index contributed by atoms with van der Waals surface area (Å²) in [6.07, 6.45) is 3.78. The first-order chi connectivity index (χ1) is 9.52. The topological polar surface area (TPSA) is 29.3 Å². The van der Waals surface area contributed by atoms with Gasteiger partial charge in [0.25, 0.3) is 0 Å². The van der Waals surface area contributed by atoms with Crippen molar-refractivity contribution < 1.29 is 0 Å². The third-order valence-electron chi connectivity index (χ3n) is 3.27. The Kier molecular flexibility index (Phi) is 4.08. The van der Waals surface area contributed by atoms with E-state index in [0.29, 0.717) is 0 Å². The van der Waals surface area contributed by atoms with E-state index in [2.05, 4.69) is 48.9 Å². The minimum atomic E-state index is 0.817. The second-order valence-corrected chi connectivity index (χ2v) is 4.98. The molecule has 0 aliphatic carbocycles. The Hall–Kier alpha value is -2.29. The van der Waals surface area contributed by atoms with E-state index in [1.807, 2.05) is 30.8 Å². The van der Waals surface area contributed by atoms with Gasteiger partial charge >= 0.3 is 0 Å². The summed E-state index contributed by atoms with van der Waals surface area (Å²) >= 11 is 0. The van der Waals surface area contributed by atoms with Gasteiger partial charge in [0.2, 0.25) is 0 Å². The maximum absolute atomic E-state index is 4.47. The van der Waals surface area contributed by atoms with Crippen LogP contribution < -0.4 is 15.9 Å². The molecule has 0 fully saturated rings. The summed E-state index contributed by atoms with van der Waals surface area (Å²) in [5, 5.41) is 5.38. The van der Waals surface area contributed by atoms with Gasteiger partial charge < -0.3 is 9.88 Å². The van der Waals surface area contributed by atoms with Gasteiger partial charge in [0, 0.05) is 25.1 Å². The number of aromatic nitrogens is 1. The summed E-state index contributed by atoms with van der Waals surface area (Å²) in [5.74, 6) is 0.817. The molecule has 1 N–H and O–H groups in total. The van der Waals surface area contributed by atoms with Gasteiger partial charge in [-0.05, 0) is 43.7 Å². The van der Waals surface area contributed by atoms with E-state index in [-0.39, 0.29) is 0 Å². The highest BCUT2D eigenvalue weighted by Crippen LogP contribution is 2.18. The molecule has 0 saturated carbocycles. The summed E-state index contributed by atoms with van der Waals surface area (Å²) < 4.78 is 2.03. The van der Waals surface area contributed by atoms with Crippen LogP contribution in [0.4, 0.5) is 5.69 Å². The zero-order valence-electron chi connectivity index (χ0n) is 12.6. The van der Waals surface area contributed by atoms with E-state index in [1.54, 1.807) is 6.21 Å². The van der Waals surface area contributed by atoms with Crippen LogP contribution in [0.1, 0.15) is 18.1 Å². The van der Waals surface area contributed by atoms with Crippen molar-refractivity contribution in [2.24, 2.45) is 12.0 Å². The molecule has 0 bridgehead atoms. The van der Waals surface area contributed by atoms with E-state index in [1.165, 1.54) is 11.1 Å². The molecule has 2 rings (SSSR count). The highest BCUT2D eigenvalue weighted by molar-refractivity contribution is 5.72. The lowest BCUT2D eigenvalue weighted by atomic mass is 10.1. The maximum atomic E-state index is 4.47. The lowest BCUT2D eigenvalue weighted by Gasteiger charge is -2.11. The Morgan fingerprint density at radius 3 is 2.60 bits per heavy atom. The Morgan fingerprint density at radius 2 is 2.05 bits per heavy atom. The lowest BCUT2D eigenvalue weighted by molar-refractivity contribution is 0.881. The van der Waals surface area contributed by atoms with Crippen molar-refractivity contribution in [1.29, 1.82) is 0 Å². The number of nitrogens with one attached hydrogen (secondary N) is 1. The molecule has 1 heterocycles. The zero-order chi connectivity index (χ0) is 14.7. The number of hydrogen-bond acceptors (Lipinski definition) is 2. The number of anilines is 1. The molecule has 0 spiro atoms. The number of benzene rings is 1. The molecular formula is C17H21N3. The predicted molar refractivity (Wildman–Crippen MR) is 87.3 cm³/mol. The van der Waals surface area contributed by atoms with Crippen molar-refractivity contribution in [1.82, 2.24) is 4.57 Å². The van der Waals surface area contributed by atoms with E-state index in [4.69, 9.17) is 0 Å². The fraction of sp³-hybridized carbons (Fsp3) is 0.235. The third-order valence-corrected chi connectivity index (χ3v) is 3.27. The fourth-order valence-electron chi connectivity index (χ4n) is 2.26. The minimum absolute atomic E-state index is 0.817. The fourth-order valence-corrected chi connectivity index (χ4v) is 2.26. The lowest BCUT2D eigenvalue weighted by Crippen LogP contribution is -2.31. The van der Waals surface area contributed by atoms with E-state index in [9.17, 15) is 0 Å². The monoisotopic (exact) mass is 267 g/mol. The molecule has 0 atom stereocenters. The highest BCUT2D eigenvalue weighted by Gasteiger charge is 2.04. The van der Waals surface area contributed by atoms with E-state index in [0.717, 1.165) is 22.1 Å². The molecule has 0 saturated heterocycles. The Balaban J connectivity index is 2.57. The first-order valence-electron chi connectivity index (χ1n) is 6.70. The van der Waals surface area contributed by atoms with Gasteiger partial charge in [-0.3, -0.25) is 0 Å². The van der Waals surface area contributed by atoms with Crippen LogP contribution >= 0.6 is 0 Å². The van der Waals surface area contributed by atoms with Crippen LogP contribution in [0.25, 0.3) is 12.4 Å². The van der Waals surface area contributed by atoms with Gasteiger partial charge in [-0.25, -0.2) is 4.99 Å². The second kappa shape index (κ2) is 5.78. The summed E-state index contributed by atoms with van der Waals surface area (Å²) in [5.41, 5.74) is 3.52. The number of aryl methyl sites for hydroxylation is 3. The van der Waals surface area contributed by atoms with Gasteiger partial charge in [-0.2, -0.15) is 0 Å². The second-order valence-electron chi connectivity index (χ2n) is 4.98. The van der Waals surface area contributed by atoms with Gasteiger partial charge in [0.15, 0.2) is 5.82 Å². The normalized spacial score (nSPS) is 12.8. The molecular weight excluding hydrogens is 246 g/mol. The van der Waals surface area contributed by atoms with Crippen LogP contribution in [-0.4, -0.2) is 10.8 Å². The largest absolute Gasteiger partial charge is 0.348 e. The molecule has 3 heteroatoms. The quantitative estimate of drug-likeness (QED) is 0.850. The summed E-state index contributed by atoms with van der Waals surface area (Å²) in [6, 6.07) is 8.33. The van der Waals surface area contributed by atoms with Crippen LogP contribution in [0.15, 0.2) is 35.5 Å². The molecule has 0 aliphatic rings. The predicted octanol–water partition coefficient (Wildman–Crippen LogP) is 2.32. The Bertz CT molecular complexity index is 751. The minimum Gasteiger partial charge on any atom is -0.348 e. The first kappa shape index (κ1) is 14.1. The number of hydrogen-bond donors (Lipinski definition) is 1. The van der Waals surface area contributed by atoms with Crippen molar-refractivity contribution in [3.63, 3.8) is 0 Å². The number of rotatable bonds is 3. The molecule has 3 nitrogen and oxygen atoms in total. The standard InChI is InChI=1S/C17H21N3/c1-6-18-17(16-13(3)9-10-20(16)5)19-15-8-7-12(2)11-14(15)4/h6-11,19H,3H2,1-2,4-5H3/b17-16-,18-6?. The first-order valence-corrected chi connectivity index (χ1v) is 6.70. The molecule has 1 aromatic carbocycles. The summed E-state index contributed by atoms with van der Waals surface area (Å²) in [4.78, 5) is 4.47. The van der Waals surface area contributed by atoms with Crippen LogP contribution in [0.3, 0.4) is 0 Å². The molecule has 0 aliphatic heterocycles. The van der Waals surface area contributed by atoms with Crippen LogP contribution in [0.2, 0.25) is 0 Å². The molecule has 104 valence electrons. The molecule has 20 heavy (non-hydrogen) atoms. The number of aliphatic imine (C=N–C) groups is 1. The van der Waals surface area contributed by atoms with Gasteiger partial charge in [-0.15, -0.1) is 0 Å². The Labute approximate surface area is 120 Å². The van der Waals surface area contributed by atoms with Crippen molar-refractivity contribution in [2.75, 3.05) is 5.32 Å². The number of nitrogens with zero attached hydrogens (tertiary/aromatic N) is 2. The zero-order valence-corrected chi connectivity index (χ0v) is 12.6. The van der Waals surface area contributed by atoms with Crippen LogP contribution in [0, 0.1) is 13.8 Å². The van der Waals surface area contributed by atoms with Gasteiger partial charge in [0.05, 0.1) is 5.35 Å². The third kappa shape index (κ3) is 2.82. The molecule has 0 unspecified atom stereocenters. The SMILES string of the molecule is C=c1ccn(C)/c1=C(/N=CC)Nc1ccc(C)cc1C. The molecule has 0 radical (unpaired) electrons. The molecule has 0 amide bonds. The van der Waals surface area contributed by atoms with Crippen molar-refractivity contribution in [3.05, 3.63) is 52.2 Å². The average Bonchev–Trinajstić information content (AvgIpc) is 2.72. The smallest absolute Gasteiger partial charge is 0.154 e. The molecule has 1 aromatic heterocycles. The van der Waals surface area contributed by atoms with Crippen molar-refractivity contribution in [3.8, 4) is 0 Å². The van der Waals surface area contributed by atoms with E-state index >= 15 is 0 Å². The van der Waals surface area contributed by atoms with Gasteiger partial charge in [-0.1, -0.05) is 24.3 Å². The van der Waals surface area contributed by atoms with Crippen molar-refractivity contribution >= 4 is 24.3 Å². The van der Waals surface area contributed by atoms with Gasteiger partial charge in [0.1, 0.15) is 0 Å². The van der Waals surface area contributed by atoms with Crippen LogP contribution in [0.5, 0.6) is 0 Å². The average molecular weight is 267 g/mol. The highest BCUT2D eigenvalue weighted by atomic mass is 15.1. The van der Waals surface area contributed by atoms with Crippen molar-refractivity contribution in [2.45, 2.75) is 20.8 Å². The summed E-state index contributed by atoms with van der Waals surface area (Å²) in [6.45, 7) is 10.2. The molecule has 2 aromatic rings. The maximum Gasteiger partial charge on any atom is 0.154 e. The van der Waals surface area contributed by atoms with E-state index < -0.39 is 0 Å². The van der Waals surface area contributed by atoms with Crippen LogP contribution in [-0.2, 0) is 7.05 Å².